The zero-order valence-corrected chi connectivity index (χ0v) is 15.1. The van der Waals surface area contributed by atoms with Crippen molar-refractivity contribution in [3.63, 3.8) is 0 Å². The van der Waals surface area contributed by atoms with E-state index in [4.69, 9.17) is 10.5 Å². The van der Waals surface area contributed by atoms with Crippen LogP contribution in [0.5, 0.6) is 0 Å². The minimum atomic E-state index is -0.531. The van der Waals surface area contributed by atoms with Crippen LogP contribution < -0.4 is 5.73 Å². The smallest absolute Gasteiger partial charge is 0.410 e. The Kier molecular flexibility index (Phi) is 5.06. The number of carbonyl (C=O) groups is 2. The summed E-state index contributed by atoms with van der Waals surface area (Å²) in [5, 5.41) is 0. The summed E-state index contributed by atoms with van der Waals surface area (Å²) < 4.78 is 5.46. The van der Waals surface area contributed by atoms with E-state index in [1.165, 1.54) is 0 Å². The van der Waals surface area contributed by atoms with E-state index in [1.807, 2.05) is 34.6 Å². The van der Waals surface area contributed by atoms with E-state index in [0.29, 0.717) is 24.3 Å². The lowest BCUT2D eigenvalue weighted by molar-refractivity contribution is -0.00788. The first-order valence-corrected chi connectivity index (χ1v) is 8.24. The Balaban J connectivity index is 2.08. The SMILES string of the molecule is CC1CN(C(=O)c2ccc(N)cc2)C(C)CN1C(=O)OC(C)(C)C. The maximum atomic E-state index is 12.7. The van der Waals surface area contributed by atoms with Crippen molar-refractivity contribution < 1.29 is 14.3 Å². The molecule has 0 aliphatic carbocycles. The number of amides is 2. The summed E-state index contributed by atoms with van der Waals surface area (Å²) in [6, 6.07) is 6.72. The zero-order valence-electron chi connectivity index (χ0n) is 15.1. The number of ether oxygens (including phenoxy) is 1. The molecule has 6 nitrogen and oxygen atoms in total. The van der Waals surface area contributed by atoms with E-state index in [-0.39, 0.29) is 24.1 Å². The maximum Gasteiger partial charge on any atom is 0.410 e. The largest absolute Gasteiger partial charge is 0.444 e. The third-order valence-electron chi connectivity index (χ3n) is 4.03. The van der Waals surface area contributed by atoms with Crippen LogP contribution in [0.3, 0.4) is 0 Å². The average Bonchev–Trinajstić information content (AvgIpc) is 2.47. The van der Waals surface area contributed by atoms with Gasteiger partial charge in [0, 0.05) is 36.4 Å². The highest BCUT2D eigenvalue weighted by molar-refractivity contribution is 5.95. The molecule has 0 spiro atoms. The van der Waals surface area contributed by atoms with Crippen molar-refractivity contribution in [3.05, 3.63) is 29.8 Å². The highest BCUT2D eigenvalue weighted by atomic mass is 16.6. The van der Waals surface area contributed by atoms with E-state index in [2.05, 4.69) is 0 Å². The van der Waals surface area contributed by atoms with Crippen LogP contribution in [-0.4, -0.2) is 52.6 Å². The number of piperazine rings is 1. The number of carbonyl (C=O) groups excluding carboxylic acids is 2. The minimum absolute atomic E-state index is 0.0433. The third-order valence-corrected chi connectivity index (χ3v) is 4.03. The minimum Gasteiger partial charge on any atom is -0.444 e. The highest BCUT2D eigenvalue weighted by Crippen LogP contribution is 2.21. The second-order valence-electron chi connectivity index (χ2n) is 7.41. The Morgan fingerprint density at radius 2 is 1.54 bits per heavy atom. The van der Waals surface area contributed by atoms with Gasteiger partial charge in [-0.15, -0.1) is 0 Å². The topological polar surface area (TPSA) is 75.9 Å². The Labute approximate surface area is 143 Å². The summed E-state index contributed by atoms with van der Waals surface area (Å²) in [6.07, 6.45) is -0.332. The van der Waals surface area contributed by atoms with Crippen molar-refractivity contribution in [1.82, 2.24) is 9.80 Å². The average molecular weight is 333 g/mol. The molecule has 1 aromatic rings. The Hall–Kier alpha value is -2.24. The Morgan fingerprint density at radius 1 is 1.04 bits per heavy atom. The lowest BCUT2D eigenvalue weighted by Gasteiger charge is -2.44. The van der Waals surface area contributed by atoms with Gasteiger partial charge < -0.3 is 20.3 Å². The molecule has 2 atom stereocenters. The molecule has 1 aliphatic heterocycles. The number of nitrogens with zero attached hydrogens (tertiary/aromatic N) is 2. The van der Waals surface area contributed by atoms with Crippen molar-refractivity contribution in [2.75, 3.05) is 18.8 Å². The molecule has 2 amide bonds. The van der Waals surface area contributed by atoms with Crippen LogP contribution in [0, 0.1) is 0 Å². The van der Waals surface area contributed by atoms with Crippen LogP contribution >= 0.6 is 0 Å². The lowest BCUT2D eigenvalue weighted by Crippen LogP contribution is -2.60. The number of benzene rings is 1. The number of nitrogens with two attached hydrogens (primary N) is 1. The van der Waals surface area contributed by atoms with E-state index in [1.54, 1.807) is 34.1 Å². The van der Waals surface area contributed by atoms with E-state index < -0.39 is 5.60 Å². The van der Waals surface area contributed by atoms with Crippen LogP contribution in [0.15, 0.2) is 24.3 Å². The summed E-state index contributed by atoms with van der Waals surface area (Å²) in [7, 11) is 0. The van der Waals surface area contributed by atoms with Crippen LogP contribution in [-0.2, 0) is 4.74 Å². The van der Waals surface area contributed by atoms with Crippen molar-refractivity contribution in [2.24, 2.45) is 0 Å². The molecular formula is C18H27N3O3. The predicted molar refractivity (Wildman–Crippen MR) is 93.8 cm³/mol. The summed E-state index contributed by atoms with van der Waals surface area (Å²) in [4.78, 5) is 28.6. The molecule has 1 aliphatic rings. The van der Waals surface area contributed by atoms with Gasteiger partial charge in [0.05, 0.1) is 0 Å². The van der Waals surface area contributed by atoms with Gasteiger partial charge in [0.2, 0.25) is 0 Å². The molecule has 0 radical (unpaired) electrons. The maximum absolute atomic E-state index is 12.7. The normalized spacial score (nSPS) is 21.5. The van der Waals surface area contributed by atoms with Gasteiger partial charge in [-0.3, -0.25) is 4.79 Å². The van der Waals surface area contributed by atoms with Crippen molar-refractivity contribution in [1.29, 1.82) is 0 Å². The molecular weight excluding hydrogens is 306 g/mol. The summed E-state index contributed by atoms with van der Waals surface area (Å²) >= 11 is 0. The van der Waals surface area contributed by atoms with Crippen molar-refractivity contribution >= 4 is 17.7 Å². The Bertz CT molecular complexity index is 607. The van der Waals surface area contributed by atoms with Gasteiger partial charge in [-0.05, 0) is 58.9 Å². The first kappa shape index (κ1) is 18.1. The van der Waals surface area contributed by atoms with Crippen LogP contribution in [0.4, 0.5) is 10.5 Å². The fraction of sp³-hybridized carbons (Fsp3) is 0.556. The predicted octanol–water partition coefficient (Wildman–Crippen LogP) is 2.74. The van der Waals surface area contributed by atoms with Gasteiger partial charge in [0.1, 0.15) is 5.60 Å². The second kappa shape index (κ2) is 6.71. The monoisotopic (exact) mass is 333 g/mol. The van der Waals surface area contributed by atoms with Gasteiger partial charge in [-0.25, -0.2) is 4.79 Å². The summed E-state index contributed by atoms with van der Waals surface area (Å²) in [5.41, 5.74) is 6.38. The fourth-order valence-corrected chi connectivity index (χ4v) is 2.78. The molecule has 0 aromatic heterocycles. The van der Waals surface area contributed by atoms with Crippen LogP contribution in [0.25, 0.3) is 0 Å². The molecule has 1 heterocycles. The molecule has 2 rings (SSSR count). The molecule has 0 bridgehead atoms. The third kappa shape index (κ3) is 4.19. The molecule has 24 heavy (non-hydrogen) atoms. The highest BCUT2D eigenvalue weighted by Gasteiger charge is 2.36. The van der Waals surface area contributed by atoms with Gasteiger partial charge in [0.25, 0.3) is 5.91 Å². The zero-order chi connectivity index (χ0) is 18.1. The van der Waals surface area contributed by atoms with E-state index in [0.717, 1.165) is 0 Å². The molecule has 0 saturated carbocycles. The number of nitrogen functional groups attached to an aromatic ring is 1. The van der Waals surface area contributed by atoms with Gasteiger partial charge in [-0.1, -0.05) is 0 Å². The number of hydrogen-bond acceptors (Lipinski definition) is 4. The quantitative estimate of drug-likeness (QED) is 0.802. The number of anilines is 1. The summed E-state index contributed by atoms with van der Waals surface area (Å²) in [5.74, 6) is -0.0433. The van der Waals surface area contributed by atoms with Crippen molar-refractivity contribution in [3.8, 4) is 0 Å². The molecule has 2 N–H and O–H groups in total. The van der Waals surface area contributed by atoms with E-state index >= 15 is 0 Å². The lowest BCUT2D eigenvalue weighted by atomic mass is 10.1. The van der Waals surface area contributed by atoms with Gasteiger partial charge in [0.15, 0.2) is 0 Å². The van der Waals surface area contributed by atoms with Gasteiger partial charge in [-0.2, -0.15) is 0 Å². The first-order valence-electron chi connectivity index (χ1n) is 8.24. The Morgan fingerprint density at radius 3 is 2.08 bits per heavy atom. The summed E-state index contributed by atoms with van der Waals surface area (Å²) in [6.45, 7) is 10.3. The first-order chi connectivity index (χ1) is 11.1. The van der Waals surface area contributed by atoms with Gasteiger partial charge >= 0.3 is 6.09 Å². The van der Waals surface area contributed by atoms with Crippen LogP contribution in [0.1, 0.15) is 45.0 Å². The number of hydrogen-bond donors (Lipinski definition) is 1. The second-order valence-corrected chi connectivity index (χ2v) is 7.41. The molecule has 2 unspecified atom stereocenters. The standard InChI is InChI=1S/C18H27N3O3/c1-12-11-21(17(23)24-18(3,4)5)13(2)10-20(12)16(22)14-6-8-15(19)9-7-14/h6-9,12-13H,10-11,19H2,1-5H3. The molecule has 132 valence electrons. The van der Waals surface area contributed by atoms with Crippen LogP contribution in [0.2, 0.25) is 0 Å². The van der Waals surface area contributed by atoms with E-state index in [9.17, 15) is 9.59 Å². The molecule has 1 aromatic carbocycles. The molecule has 1 saturated heterocycles. The number of rotatable bonds is 1. The fourth-order valence-electron chi connectivity index (χ4n) is 2.78. The molecule has 1 fully saturated rings. The van der Waals surface area contributed by atoms with Crippen molar-refractivity contribution in [2.45, 2.75) is 52.3 Å². The molecule has 6 heteroatoms.